The second-order valence-electron chi connectivity index (χ2n) is 5.41. The molecular formula is C18H22FN. The van der Waals surface area contributed by atoms with Crippen molar-refractivity contribution in [2.45, 2.75) is 33.7 Å². The van der Waals surface area contributed by atoms with Crippen LogP contribution in [0.4, 0.5) is 4.39 Å². The average Bonchev–Trinajstić information content (AvgIpc) is 2.38. The molecule has 0 spiro atoms. The van der Waals surface area contributed by atoms with E-state index in [0.717, 1.165) is 17.7 Å². The Labute approximate surface area is 120 Å². The average molecular weight is 271 g/mol. The Morgan fingerprint density at radius 2 is 1.75 bits per heavy atom. The zero-order chi connectivity index (χ0) is 14.7. The molecule has 0 aliphatic heterocycles. The summed E-state index contributed by atoms with van der Waals surface area (Å²) in [7, 11) is 0. The Balaban J connectivity index is 2.52. The number of aryl methyl sites for hydroxylation is 3. The van der Waals surface area contributed by atoms with Crippen LogP contribution in [0.3, 0.4) is 0 Å². The topological polar surface area (TPSA) is 12.0 Å². The van der Waals surface area contributed by atoms with E-state index in [4.69, 9.17) is 0 Å². The minimum atomic E-state index is -0.173. The number of hydrogen-bond acceptors (Lipinski definition) is 1. The van der Waals surface area contributed by atoms with Crippen LogP contribution in [0, 0.1) is 26.6 Å². The van der Waals surface area contributed by atoms with Gasteiger partial charge in [-0.1, -0.05) is 36.8 Å². The Morgan fingerprint density at radius 1 is 1.00 bits per heavy atom. The summed E-state index contributed by atoms with van der Waals surface area (Å²) in [5.41, 5.74) is 5.60. The highest BCUT2D eigenvalue weighted by Gasteiger charge is 2.16. The first-order valence-electron chi connectivity index (χ1n) is 7.09. The molecule has 0 aliphatic carbocycles. The fourth-order valence-corrected chi connectivity index (χ4v) is 2.61. The van der Waals surface area contributed by atoms with Crippen molar-refractivity contribution in [1.29, 1.82) is 0 Å². The van der Waals surface area contributed by atoms with Gasteiger partial charge in [0, 0.05) is 0 Å². The highest BCUT2D eigenvalue weighted by Crippen LogP contribution is 2.27. The van der Waals surface area contributed by atoms with Crippen molar-refractivity contribution in [3.8, 4) is 0 Å². The lowest BCUT2D eigenvalue weighted by Gasteiger charge is -2.22. The summed E-state index contributed by atoms with van der Waals surface area (Å²) in [4.78, 5) is 0. The normalized spacial score (nSPS) is 12.4. The largest absolute Gasteiger partial charge is 0.307 e. The molecule has 2 aromatic rings. The first-order chi connectivity index (χ1) is 9.51. The summed E-state index contributed by atoms with van der Waals surface area (Å²) >= 11 is 0. The first-order valence-corrected chi connectivity index (χ1v) is 7.09. The quantitative estimate of drug-likeness (QED) is 0.866. The number of nitrogens with one attached hydrogen (secondary N) is 1. The minimum Gasteiger partial charge on any atom is -0.307 e. The van der Waals surface area contributed by atoms with Crippen molar-refractivity contribution in [3.63, 3.8) is 0 Å². The van der Waals surface area contributed by atoms with Crippen molar-refractivity contribution < 1.29 is 4.39 Å². The van der Waals surface area contributed by atoms with Gasteiger partial charge in [-0.05, 0) is 61.7 Å². The zero-order valence-electron chi connectivity index (χ0n) is 12.6. The predicted molar refractivity (Wildman–Crippen MR) is 82.6 cm³/mol. The maximum Gasteiger partial charge on any atom is 0.123 e. The molecule has 1 atom stereocenters. The maximum absolute atomic E-state index is 13.7. The molecule has 0 aromatic heterocycles. The van der Waals surface area contributed by atoms with E-state index in [-0.39, 0.29) is 11.9 Å². The second-order valence-corrected chi connectivity index (χ2v) is 5.41. The summed E-state index contributed by atoms with van der Waals surface area (Å²) in [5.74, 6) is -0.173. The van der Waals surface area contributed by atoms with E-state index in [1.807, 2.05) is 6.92 Å². The summed E-state index contributed by atoms with van der Waals surface area (Å²) in [5, 5.41) is 3.47. The van der Waals surface area contributed by atoms with Crippen molar-refractivity contribution >= 4 is 0 Å². The smallest absolute Gasteiger partial charge is 0.123 e. The molecule has 0 heterocycles. The molecule has 106 valence electrons. The van der Waals surface area contributed by atoms with Crippen molar-refractivity contribution in [1.82, 2.24) is 5.32 Å². The Kier molecular flexibility index (Phi) is 4.56. The molecule has 2 rings (SSSR count). The molecule has 2 heteroatoms. The fourth-order valence-electron chi connectivity index (χ4n) is 2.61. The SMILES string of the molecule is CCNC(c1cc(C)cc(F)c1)c1cc(C)ccc1C. The van der Waals surface area contributed by atoms with Crippen LogP contribution in [0.5, 0.6) is 0 Å². The van der Waals surface area contributed by atoms with E-state index < -0.39 is 0 Å². The number of hydrogen-bond donors (Lipinski definition) is 1. The zero-order valence-corrected chi connectivity index (χ0v) is 12.6. The summed E-state index contributed by atoms with van der Waals surface area (Å²) < 4.78 is 13.7. The van der Waals surface area contributed by atoms with E-state index in [2.05, 4.69) is 50.4 Å². The molecule has 1 nitrogen and oxygen atoms in total. The van der Waals surface area contributed by atoms with Gasteiger partial charge in [0.1, 0.15) is 5.82 Å². The number of halogens is 1. The summed E-state index contributed by atoms with van der Waals surface area (Å²) in [6.45, 7) is 9.03. The van der Waals surface area contributed by atoms with Gasteiger partial charge in [0.25, 0.3) is 0 Å². The van der Waals surface area contributed by atoms with Gasteiger partial charge in [-0.25, -0.2) is 4.39 Å². The Morgan fingerprint density at radius 3 is 2.40 bits per heavy atom. The predicted octanol–water partition coefficient (Wildman–Crippen LogP) is 4.45. The van der Waals surface area contributed by atoms with Crippen molar-refractivity contribution in [2.24, 2.45) is 0 Å². The van der Waals surface area contributed by atoms with Crippen LogP contribution in [0.1, 0.15) is 40.8 Å². The number of rotatable bonds is 4. The first kappa shape index (κ1) is 14.7. The third-order valence-corrected chi connectivity index (χ3v) is 3.55. The van der Waals surface area contributed by atoms with Gasteiger partial charge in [0.2, 0.25) is 0 Å². The van der Waals surface area contributed by atoms with Gasteiger partial charge in [-0.15, -0.1) is 0 Å². The van der Waals surface area contributed by atoms with Crippen LogP contribution in [0.2, 0.25) is 0 Å². The summed E-state index contributed by atoms with van der Waals surface area (Å²) in [6, 6.07) is 11.7. The van der Waals surface area contributed by atoms with Crippen LogP contribution >= 0.6 is 0 Å². The van der Waals surface area contributed by atoms with Gasteiger partial charge < -0.3 is 5.32 Å². The molecular weight excluding hydrogens is 249 g/mol. The fraction of sp³-hybridized carbons (Fsp3) is 0.333. The molecule has 1 unspecified atom stereocenters. The highest BCUT2D eigenvalue weighted by molar-refractivity contribution is 5.40. The highest BCUT2D eigenvalue weighted by atomic mass is 19.1. The molecule has 0 radical (unpaired) electrons. The van der Waals surface area contributed by atoms with E-state index in [1.54, 1.807) is 12.1 Å². The third-order valence-electron chi connectivity index (χ3n) is 3.55. The van der Waals surface area contributed by atoms with Crippen molar-refractivity contribution in [2.75, 3.05) is 6.54 Å². The van der Waals surface area contributed by atoms with Crippen LogP contribution in [-0.2, 0) is 0 Å². The molecule has 0 fully saturated rings. The molecule has 1 N–H and O–H groups in total. The Bertz CT molecular complexity index is 584. The van der Waals surface area contributed by atoms with Gasteiger partial charge in [0.05, 0.1) is 6.04 Å². The molecule has 20 heavy (non-hydrogen) atoms. The van der Waals surface area contributed by atoms with Gasteiger partial charge in [-0.3, -0.25) is 0 Å². The van der Waals surface area contributed by atoms with E-state index in [0.29, 0.717) is 0 Å². The van der Waals surface area contributed by atoms with Crippen LogP contribution in [0.25, 0.3) is 0 Å². The van der Waals surface area contributed by atoms with E-state index in [9.17, 15) is 4.39 Å². The van der Waals surface area contributed by atoms with E-state index >= 15 is 0 Å². The lowest BCUT2D eigenvalue weighted by molar-refractivity contribution is 0.600. The van der Waals surface area contributed by atoms with Crippen LogP contribution in [-0.4, -0.2) is 6.54 Å². The van der Waals surface area contributed by atoms with Crippen LogP contribution < -0.4 is 5.32 Å². The molecule has 0 saturated carbocycles. The molecule has 2 aromatic carbocycles. The summed E-state index contributed by atoms with van der Waals surface area (Å²) in [6.07, 6.45) is 0. The lowest BCUT2D eigenvalue weighted by atomic mass is 9.92. The van der Waals surface area contributed by atoms with Crippen LogP contribution in [0.15, 0.2) is 36.4 Å². The number of benzene rings is 2. The minimum absolute atomic E-state index is 0.0364. The Hall–Kier alpha value is -1.67. The third kappa shape index (κ3) is 3.26. The molecule has 0 saturated heterocycles. The van der Waals surface area contributed by atoms with E-state index in [1.165, 1.54) is 16.7 Å². The van der Waals surface area contributed by atoms with Crippen molar-refractivity contribution in [3.05, 3.63) is 70.0 Å². The molecule has 0 aliphatic rings. The lowest BCUT2D eigenvalue weighted by Crippen LogP contribution is -2.23. The maximum atomic E-state index is 13.7. The van der Waals surface area contributed by atoms with Gasteiger partial charge in [-0.2, -0.15) is 0 Å². The standard InChI is InChI=1S/C18H22FN/c1-5-20-18(15-8-13(3)9-16(19)11-15)17-10-12(2)6-7-14(17)4/h6-11,18,20H,5H2,1-4H3. The second kappa shape index (κ2) is 6.19. The van der Waals surface area contributed by atoms with Gasteiger partial charge in [0.15, 0.2) is 0 Å². The van der Waals surface area contributed by atoms with Gasteiger partial charge >= 0.3 is 0 Å². The molecule has 0 bridgehead atoms. The monoisotopic (exact) mass is 271 g/mol. The molecule has 0 amide bonds.